The molecule has 1 aromatic heterocycles. The van der Waals surface area contributed by atoms with Gasteiger partial charge in [0.25, 0.3) is 5.91 Å². The van der Waals surface area contributed by atoms with E-state index in [1.54, 1.807) is 29.2 Å². The summed E-state index contributed by atoms with van der Waals surface area (Å²) in [6.07, 6.45) is -0.157. The van der Waals surface area contributed by atoms with Crippen LogP contribution in [-0.4, -0.2) is 38.9 Å². The summed E-state index contributed by atoms with van der Waals surface area (Å²) in [4.78, 5) is 31.4. The van der Waals surface area contributed by atoms with Crippen LogP contribution in [0.25, 0.3) is 11.0 Å². The average Bonchev–Trinajstić information content (AvgIpc) is 3.25. The fourth-order valence-corrected chi connectivity index (χ4v) is 4.66. The van der Waals surface area contributed by atoms with Crippen LogP contribution in [0.5, 0.6) is 0 Å². The fraction of sp³-hybridized carbons (Fsp3) is 0.241. The molecule has 5 N–H and O–H groups in total. The minimum absolute atomic E-state index is 0.0220. The minimum atomic E-state index is -0.959. The topological polar surface area (TPSA) is 137 Å². The molecule has 4 aromatic rings. The molecule has 0 radical (unpaired) electrons. The molecule has 0 aliphatic rings. The van der Waals surface area contributed by atoms with Crippen molar-refractivity contribution in [1.29, 1.82) is 5.41 Å². The van der Waals surface area contributed by atoms with Gasteiger partial charge in [0.15, 0.2) is 0 Å². The number of nitrogen functional groups attached to an aromatic ring is 1. The normalized spacial score (nSPS) is 10.9. The molecule has 1 heterocycles. The number of carboxylic acids is 1. The summed E-state index contributed by atoms with van der Waals surface area (Å²) in [7, 11) is 0. The van der Waals surface area contributed by atoms with E-state index in [0.717, 1.165) is 33.8 Å². The molecule has 0 atom stereocenters. The van der Waals surface area contributed by atoms with E-state index in [1.807, 2.05) is 57.2 Å². The number of fused-ring (bicyclic) bond motifs is 1. The molecule has 0 aliphatic carbocycles. The van der Waals surface area contributed by atoms with Crippen LogP contribution in [0.4, 0.5) is 11.4 Å². The van der Waals surface area contributed by atoms with Gasteiger partial charge in [0.2, 0.25) is 0 Å². The van der Waals surface area contributed by atoms with Gasteiger partial charge in [-0.3, -0.25) is 15.0 Å². The van der Waals surface area contributed by atoms with Crippen molar-refractivity contribution in [3.63, 3.8) is 0 Å². The molecule has 0 spiro atoms. The molecule has 9 heteroatoms. The zero-order valence-electron chi connectivity index (χ0n) is 21.8. The van der Waals surface area contributed by atoms with Gasteiger partial charge in [0.05, 0.1) is 24.0 Å². The smallest absolute Gasteiger partial charge is 0.305 e. The third-order valence-corrected chi connectivity index (χ3v) is 6.54. The molecule has 0 aliphatic heterocycles. The lowest BCUT2D eigenvalue weighted by Gasteiger charge is -2.26. The summed E-state index contributed by atoms with van der Waals surface area (Å²) in [6.45, 7) is 7.12. The molecule has 196 valence electrons. The summed E-state index contributed by atoms with van der Waals surface area (Å²) in [5.74, 6) is -0.380. The minimum Gasteiger partial charge on any atom is -0.481 e. The molecule has 1 amide bonds. The van der Waals surface area contributed by atoms with Gasteiger partial charge < -0.3 is 25.6 Å². The molecule has 9 nitrogen and oxygen atoms in total. The van der Waals surface area contributed by atoms with Gasteiger partial charge in [-0.15, -0.1) is 0 Å². The number of imidazole rings is 1. The highest BCUT2D eigenvalue weighted by Crippen LogP contribution is 2.28. The van der Waals surface area contributed by atoms with E-state index in [-0.39, 0.29) is 24.7 Å². The number of aromatic nitrogens is 2. The quantitative estimate of drug-likeness (QED) is 0.180. The summed E-state index contributed by atoms with van der Waals surface area (Å²) >= 11 is 0. The van der Waals surface area contributed by atoms with Gasteiger partial charge in [0.1, 0.15) is 11.7 Å². The standard InChI is InChI=1S/C29H32N6O3/c1-4-34-24-13-10-21(29(38)35(15-14-26(36)37)27-18(2)6-5-7-19(27)3)16-23(24)33-25(34)17-32-22-11-8-20(9-12-22)28(30)31/h5-13,16,32H,4,14-15,17H2,1-3H3,(H3,30,31)(H,36,37). The fourth-order valence-electron chi connectivity index (χ4n) is 4.66. The van der Waals surface area contributed by atoms with Crippen LogP contribution in [0.1, 0.15) is 46.2 Å². The van der Waals surface area contributed by atoms with Crippen molar-refractivity contribution in [2.75, 3.05) is 16.8 Å². The summed E-state index contributed by atoms with van der Waals surface area (Å²) in [5, 5.41) is 20.2. The van der Waals surface area contributed by atoms with E-state index in [1.165, 1.54) is 0 Å². The number of carbonyl (C=O) groups excluding carboxylic acids is 1. The van der Waals surface area contributed by atoms with E-state index in [0.29, 0.717) is 29.7 Å². The van der Waals surface area contributed by atoms with Crippen molar-refractivity contribution in [2.24, 2.45) is 5.73 Å². The monoisotopic (exact) mass is 512 g/mol. The Labute approximate surface area is 221 Å². The zero-order chi connectivity index (χ0) is 27.4. The van der Waals surface area contributed by atoms with Crippen LogP contribution in [0, 0.1) is 19.3 Å². The maximum Gasteiger partial charge on any atom is 0.305 e. The first kappa shape index (κ1) is 26.4. The lowest BCUT2D eigenvalue weighted by Crippen LogP contribution is -2.34. The Morgan fingerprint density at radius 3 is 2.32 bits per heavy atom. The molecule has 3 aromatic carbocycles. The van der Waals surface area contributed by atoms with Crippen LogP contribution < -0.4 is 16.0 Å². The average molecular weight is 513 g/mol. The number of carbonyl (C=O) groups is 2. The van der Waals surface area contributed by atoms with Crippen molar-refractivity contribution in [3.05, 3.63) is 88.7 Å². The van der Waals surface area contributed by atoms with Crippen molar-refractivity contribution in [1.82, 2.24) is 9.55 Å². The molecule has 0 saturated carbocycles. The SMILES string of the molecule is CCn1c(CNc2ccc(C(=N)N)cc2)nc2cc(C(=O)N(CCC(=O)O)c3c(C)cccc3C)ccc21. The molecule has 38 heavy (non-hydrogen) atoms. The van der Waals surface area contributed by atoms with Gasteiger partial charge in [0, 0.05) is 35.6 Å². The van der Waals surface area contributed by atoms with Crippen LogP contribution in [0.3, 0.4) is 0 Å². The van der Waals surface area contributed by atoms with Crippen molar-refractivity contribution in [3.8, 4) is 0 Å². The van der Waals surface area contributed by atoms with Crippen LogP contribution in [-0.2, 0) is 17.9 Å². The summed E-state index contributed by atoms with van der Waals surface area (Å²) < 4.78 is 2.09. The second-order valence-corrected chi connectivity index (χ2v) is 9.16. The van der Waals surface area contributed by atoms with Crippen molar-refractivity contribution < 1.29 is 14.7 Å². The number of para-hydroxylation sites is 1. The Balaban J connectivity index is 1.64. The van der Waals surface area contributed by atoms with E-state index < -0.39 is 5.97 Å². The molecule has 0 bridgehead atoms. The molecular formula is C29H32N6O3. The number of anilines is 2. The van der Waals surface area contributed by atoms with Gasteiger partial charge in [-0.1, -0.05) is 18.2 Å². The number of hydrogen-bond donors (Lipinski definition) is 4. The van der Waals surface area contributed by atoms with E-state index in [9.17, 15) is 14.7 Å². The van der Waals surface area contributed by atoms with Gasteiger partial charge >= 0.3 is 5.97 Å². The Morgan fingerprint density at radius 1 is 1.05 bits per heavy atom. The van der Waals surface area contributed by atoms with E-state index in [4.69, 9.17) is 16.1 Å². The number of amides is 1. The molecular weight excluding hydrogens is 480 g/mol. The second kappa shape index (κ2) is 11.2. The summed E-state index contributed by atoms with van der Waals surface area (Å²) in [5.41, 5.74) is 11.7. The highest BCUT2D eigenvalue weighted by molar-refractivity contribution is 6.08. The molecule has 0 unspecified atom stereocenters. The highest BCUT2D eigenvalue weighted by Gasteiger charge is 2.23. The maximum absolute atomic E-state index is 13.7. The van der Waals surface area contributed by atoms with Crippen molar-refractivity contribution >= 4 is 40.1 Å². The number of carboxylic acid groups (broad SMARTS) is 1. The Kier molecular flexibility index (Phi) is 7.76. The number of hydrogen-bond acceptors (Lipinski definition) is 5. The predicted molar refractivity (Wildman–Crippen MR) is 150 cm³/mol. The van der Waals surface area contributed by atoms with Crippen LogP contribution >= 0.6 is 0 Å². The predicted octanol–water partition coefficient (Wildman–Crippen LogP) is 4.69. The Hall–Kier alpha value is -4.66. The largest absolute Gasteiger partial charge is 0.481 e. The molecule has 4 rings (SSSR count). The first-order chi connectivity index (χ1) is 18.2. The highest BCUT2D eigenvalue weighted by atomic mass is 16.4. The maximum atomic E-state index is 13.7. The van der Waals surface area contributed by atoms with Crippen molar-refractivity contribution in [2.45, 2.75) is 40.3 Å². The number of nitrogens with zero attached hydrogens (tertiary/aromatic N) is 3. The molecule has 0 fully saturated rings. The number of aryl methyl sites for hydroxylation is 3. The number of amidine groups is 1. The number of rotatable bonds is 10. The van der Waals surface area contributed by atoms with Gasteiger partial charge in [-0.05, 0) is 74.4 Å². The number of aliphatic carboxylic acids is 1. The van der Waals surface area contributed by atoms with Gasteiger partial charge in [-0.2, -0.15) is 0 Å². The number of benzene rings is 3. The van der Waals surface area contributed by atoms with Crippen LogP contribution in [0.15, 0.2) is 60.7 Å². The van der Waals surface area contributed by atoms with E-state index >= 15 is 0 Å². The lowest BCUT2D eigenvalue weighted by molar-refractivity contribution is -0.136. The van der Waals surface area contributed by atoms with Gasteiger partial charge in [-0.25, -0.2) is 4.98 Å². The van der Waals surface area contributed by atoms with E-state index in [2.05, 4.69) is 9.88 Å². The third kappa shape index (κ3) is 5.51. The number of nitrogens with one attached hydrogen (secondary N) is 2. The Morgan fingerprint density at radius 2 is 1.71 bits per heavy atom. The summed E-state index contributed by atoms with van der Waals surface area (Å²) in [6, 6.07) is 18.5. The molecule has 0 saturated heterocycles. The first-order valence-corrected chi connectivity index (χ1v) is 12.5. The number of nitrogens with two attached hydrogens (primary N) is 1. The Bertz CT molecular complexity index is 1490. The second-order valence-electron chi connectivity index (χ2n) is 9.16. The zero-order valence-corrected chi connectivity index (χ0v) is 21.8. The first-order valence-electron chi connectivity index (χ1n) is 12.5. The van der Waals surface area contributed by atoms with Crippen LogP contribution in [0.2, 0.25) is 0 Å². The third-order valence-electron chi connectivity index (χ3n) is 6.54. The lowest BCUT2D eigenvalue weighted by atomic mass is 10.1.